The number of benzene rings is 2. The molecule has 156 valence electrons. The van der Waals surface area contributed by atoms with Crippen LogP contribution in [0, 0.1) is 0 Å². The Balaban J connectivity index is 1.44. The number of rotatable bonds is 5. The maximum absolute atomic E-state index is 12.7. The predicted molar refractivity (Wildman–Crippen MR) is 110 cm³/mol. The summed E-state index contributed by atoms with van der Waals surface area (Å²) in [4.78, 5) is 39.4. The maximum atomic E-state index is 12.7. The van der Waals surface area contributed by atoms with Gasteiger partial charge in [0, 0.05) is 26.4 Å². The SMILES string of the molecule is CN(C)C(=O)CC[C@H]1C(=O)OCN1C(=O)OCC1c2ccccc2-c2ccccc21. The Morgan fingerprint density at radius 2 is 1.67 bits per heavy atom. The van der Waals surface area contributed by atoms with Crippen LogP contribution in [-0.2, 0) is 19.1 Å². The number of carbonyl (C=O) groups is 3. The van der Waals surface area contributed by atoms with E-state index in [4.69, 9.17) is 9.47 Å². The smallest absolute Gasteiger partial charge is 0.413 e. The van der Waals surface area contributed by atoms with Gasteiger partial charge in [-0.1, -0.05) is 48.5 Å². The van der Waals surface area contributed by atoms with Gasteiger partial charge in [-0.3, -0.25) is 9.69 Å². The van der Waals surface area contributed by atoms with Crippen LogP contribution in [0.1, 0.15) is 29.9 Å². The lowest BCUT2D eigenvalue weighted by Gasteiger charge is -2.22. The minimum Gasteiger partial charge on any atom is -0.448 e. The van der Waals surface area contributed by atoms with Gasteiger partial charge in [0.05, 0.1) is 0 Å². The molecule has 0 bridgehead atoms. The molecular weight excluding hydrogens is 384 g/mol. The van der Waals surface area contributed by atoms with Crippen LogP contribution in [-0.4, -0.2) is 61.2 Å². The highest BCUT2D eigenvalue weighted by atomic mass is 16.6. The van der Waals surface area contributed by atoms with Crippen LogP contribution in [0.25, 0.3) is 11.1 Å². The molecule has 0 unspecified atom stereocenters. The molecular formula is C23H24N2O5. The molecule has 0 spiro atoms. The van der Waals surface area contributed by atoms with Crippen molar-refractivity contribution >= 4 is 18.0 Å². The molecule has 1 atom stereocenters. The summed E-state index contributed by atoms with van der Waals surface area (Å²) < 4.78 is 10.7. The number of nitrogens with zero attached hydrogens (tertiary/aromatic N) is 2. The average Bonchev–Trinajstić information content (AvgIpc) is 3.28. The first-order valence-corrected chi connectivity index (χ1v) is 9.95. The molecule has 2 aliphatic rings. The van der Waals surface area contributed by atoms with E-state index in [-0.39, 0.29) is 38.0 Å². The van der Waals surface area contributed by atoms with Crippen molar-refractivity contribution < 1.29 is 23.9 Å². The summed E-state index contributed by atoms with van der Waals surface area (Å²) >= 11 is 0. The lowest BCUT2D eigenvalue weighted by atomic mass is 9.98. The summed E-state index contributed by atoms with van der Waals surface area (Å²) in [5, 5.41) is 0. The Morgan fingerprint density at radius 3 is 2.27 bits per heavy atom. The van der Waals surface area contributed by atoms with Crippen molar-refractivity contribution in [2.24, 2.45) is 0 Å². The summed E-state index contributed by atoms with van der Waals surface area (Å²) in [5.74, 6) is -0.674. The first kappa shape index (κ1) is 19.9. The van der Waals surface area contributed by atoms with Gasteiger partial charge >= 0.3 is 12.1 Å². The van der Waals surface area contributed by atoms with Crippen LogP contribution >= 0.6 is 0 Å². The molecule has 2 amide bonds. The van der Waals surface area contributed by atoms with Crippen molar-refractivity contribution in [1.82, 2.24) is 9.80 Å². The Morgan fingerprint density at radius 1 is 1.07 bits per heavy atom. The summed E-state index contributed by atoms with van der Waals surface area (Å²) in [6.07, 6.45) is -0.245. The molecule has 30 heavy (non-hydrogen) atoms. The van der Waals surface area contributed by atoms with E-state index in [1.165, 1.54) is 9.80 Å². The second kappa shape index (κ2) is 8.18. The molecule has 1 heterocycles. The largest absolute Gasteiger partial charge is 0.448 e. The topological polar surface area (TPSA) is 76.2 Å². The van der Waals surface area contributed by atoms with E-state index in [1.807, 2.05) is 36.4 Å². The fourth-order valence-corrected chi connectivity index (χ4v) is 4.06. The van der Waals surface area contributed by atoms with Crippen molar-refractivity contribution in [2.45, 2.75) is 24.8 Å². The van der Waals surface area contributed by atoms with Crippen molar-refractivity contribution in [3.05, 3.63) is 59.7 Å². The lowest BCUT2D eigenvalue weighted by Crippen LogP contribution is -2.39. The third kappa shape index (κ3) is 3.63. The number of fused-ring (bicyclic) bond motifs is 3. The number of cyclic esters (lactones) is 1. The Labute approximate surface area is 175 Å². The van der Waals surface area contributed by atoms with Crippen LogP contribution < -0.4 is 0 Å². The molecule has 0 saturated carbocycles. The van der Waals surface area contributed by atoms with Gasteiger partial charge in [-0.25, -0.2) is 9.59 Å². The molecule has 1 aliphatic heterocycles. The van der Waals surface area contributed by atoms with E-state index in [2.05, 4.69) is 12.1 Å². The number of hydrogen-bond acceptors (Lipinski definition) is 5. The monoisotopic (exact) mass is 408 g/mol. The molecule has 7 heteroatoms. The van der Waals surface area contributed by atoms with Crippen molar-refractivity contribution in [3.8, 4) is 11.1 Å². The first-order valence-electron chi connectivity index (χ1n) is 9.95. The fourth-order valence-electron chi connectivity index (χ4n) is 4.06. The quantitative estimate of drug-likeness (QED) is 0.711. The third-order valence-corrected chi connectivity index (χ3v) is 5.70. The predicted octanol–water partition coefficient (Wildman–Crippen LogP) is 2.99. The van der Waals surface area contributed by atoms with Gasteiger partial charge < -0.3 is 14.4 Å². The zero-order valence-electron chi connectivity index (χ0n) is 17.0. The van der Waals surface area contributed by atoms with Crippen LogP contribution in [0.15, 0.2) is 48.5 Å². The zero-order valence-corrected chi connectivity index (χ0v) is 17.0. The molecule has 1 aliphatic carbocycles. The van der Waals surface area contributed by atoms with Gasteiger partial charge in [0.1, 0.15) is 12.6 Å². The van der Waals surface area contributed by atoms with E-state index in [1.54, 1.807) is 14.1 Å². The van der Waals surface area contributed by atoms with Crippen molar-refractivity contribution in [2.75, 3.05) is 27.4 Å². The Kier molecular flexibility index (Phi) is 5.44. The highest BCUT2D eigenvalue weighted by Crippen LogP contribution is 2.44. The van der Waals surface area contributed by atoms with Crippen LogP contribution in [0.5, 0.6) is 0 Å². The van der Waals surface area contributed by atoms with Crippen molar-refractivity contribution in [1.29, 1.82) is 0 Å². The van der Waals surface area contributed by atoms with E-state index >= 15 is 0 Å². The number of amides is 2. The van der Waals surface area contributed by atoms with E-state index in [0.717, 1.165) is 22.3 Å². The second-order valence-electron chi connectivity index (χ2n) is 7.71. The standard InChI is InChI=1S/C23H24N2O5/c1-24(2)21(26)12-11-20-22(27)30-14-25(20)23(28)29-13-19-17-9-5-3-7-15(17)16-8-4-6-10-18(16)19/h3-10,19-20H,11-14H2,1-2H3/t20-/m0/s1. The van der Waals surface area contributed by atoms with Crippen LogP contribution in [0.4, 0.5) is 4.79 Å². The number of hydrogen-bond donors (Lipinski definition) is 0. The lowest BCUT2D eigenvalue weighted by molar-refractivity contribution is -0.139. The molecule has 0 N–H and O–H groups in total. The van der Waals surface area contributed by atoms with Gasteiger partial charge in [0.15, 0.2) is 6.73 Å². The van der Waals surface area contributed by atoms with Gasteiger partial charge in [-0.05, 0) is 28.7 Å². The van der Waals surface area contributed by atoms with Gasteiger partial charge in [0.2, 0.25) is 5.91 Å². The van der Waals surface area contributed by atoms with E-state index < -0.39 is 18.1 Å². The fraction of sp³-hybridized carbons (Fsp3) is 0.348. The maximum Gasteiger partial charge on any atom is 0.413 e. The molecule has 1 fully saturated rings. The molecule has 2 aromatic carbocycles. The molecule has 0 radical (unpaired) electrons. The summed E-state index contributed by atoms with van der Waals surface area (Å²) in [6.45, 7) is 0.0111. The molecule has 0 aromatic heterocycles. The molecule has 7 nitrogen and oxygen atoms in total. The third-order valence-electron chi connectivity index (χ3n) is 5.70. The Bertz CT molecular complexity index is 942. The summed E-state index contributed by atoms with van der Waals surface area (Å²) in [7, 11) is 3.30. The van der Waals surface area contributed by atoms with Gasteiger partial charge in [-0.15, -0.1) is 0 Å². The van der Waals surface area contributed by atoms with E-state index in [9.17, 15) is 14.4 Å². The van der Waals surface area contributed by atoms with Gasteiger partial charge in [-0.2, -0.15) is 0 Å². The van der Waals surface area contributed by atoms with E-state index in [0.29, 0.717) is 0 Å². The molecule has 2 aromatic rings. The highest BCUT2D eigenvalue weighted by molar-refractivity contribution is 5.85. The Hall–Kier alpha value is -3.35. The number of ether oxygens (including phenoxy) is 2. The average molecular weight is 408 g/mol. The first-order chi connectivity index (χ1) is 14.5. The number of carbonyl (C=O) groups excluding carboxylic acids is 3. The summed E-state index contributed by atoms with van der Waals surface area (Å²) in [6, 6.07) is 15.4. The summed E-state index contributed by atoms with van der Waals surface area (Å²) in [5.41, 5.74) is 4.53. The normalized spacial score (nSPS) is 17.3. The van der Waals surface area contributed by atoms with Crippen molar-refractivity contribution in [3.63, 3.8) is 0 Å². The second-order valence-corrected chi connectivity index (χ2v) is 7.71. The number of esters is 1. The zero-order chi connectivity index (χ0) is 21.3. The van der Waals surface area contributed by atoms with Crippen LogP contribution in [0.3, 0.4) is 0 Å². The minimum atomic E-state index is -0.801. The molecule has 4 rings (SSSR count). The van der Waals surface area contributed by atoms with Gasteiger partial charge in [0.25, 0.3) is 0 Å². The molecule has 1 saturated heterocycles. The minimum absolute atomic E-state index is 0.0608. The van der Waals surface area contributed by atoms with Crippen LogP contribution in [0.2, 0.25) is 0 Å². The highest BCUT2D eigenvalue weighted by Gasteiger charge is 2.39.